The number of anilines is 1. The van der Waals surface area contributed by atoms with Gasteiger partial charge in [0.15, 0.2) is 5.13 Å². The number of thiazole rings is 1. The third kappa shape index (κ3) is 3.65. The van der Waals surface area contributed by atoms with E-state index in [9.17, 15) is 9.18 Å². The molecule has 0 bridgehead atoms. The number of carbonyl (C=O) groups is 1. The third-order valence-corrected chi connectivity index (χ3v) is 4.21. The number of rotatable bonds is 4. The number of ether oxygens (including phenoxy) is 1. The second-order valence-electron chi connectivity index (χ2n) is 5.03. The van der Waals surface area contributed by atoms with Crippen LogP contribution in [0.15, 0.2) is 47.8 Å². The highest BCUT2D eigenvalue weighted by atomic mass is 32.1. The van der Waals surface area contributed by atoms with Crippen molar-refractivity contribution in [3.8, 4) is 23.1 Å². The van der Waals surface area contributed by atoms with Crippen molar-refractivity contribution in [3.05, 3.63) is 64.8 Å². The second kappa shape index (κ2) is 7.11. The minimum Gasteiger partial charge on any atom is -0.497 e. The van der Waals surface area contributed by atoms with E-state index in [4.69, 9.17) is 10.00 Å². The van der Waals surface area contributed by atoms with Gasteiger partial charge in [-0.3, -0.25) is 10.1 Å². The predicted molar refractivity (Wildman–Crippen MR) is 93.2 cm³/mol. The first-order valence-corrected chi connectivity index (χ1v) is 8.09. The van der Waals surface area contributed by atoms with Gasteiger partial charge in [-0.1, -0.05) is 0 Å². The molecule has 0 saturated carbocycles. The molecule has 25 heavy (non-hydrogen) atoms. The fourth-order valence-electron chi connectivity index (χ4n) is 2.16. The van der Waals surface area contributed by atoms with Crippen molar-refractivity contribution >= 4 is 22.4 Å². The summed E-state index contributed by atoms with van der Waals surface area (Å²) in [5.41, 5.74) is 1.59. The SMILES string of the molecule is COc1ccc(-c2csc(NC(=O)c3ccc(C#N)cc3F)n2)cc1. The van der Waals surface area contributed by atoms with Gasteiger partial charge in [0, 0.05) is 10.9 Å². The van der Waals surface area contributed by atoms with Gasteiger partial charge in [-0.2, -0.15) is 5.26 Å². The minimum absolute atomic E-state index is 0.139. The number of nitrogens with zero attached hydrogens (tertiary/aromatic N) is 2. The lowest BCUT2D eigenvalue weighted by molar-refractivity contribution is 0.102. The molecule has 1 amide bonds. The monoisotopic (exact) mass is 353 g/mol. The van der Waals surface area contributed by atoms with Gasteiger partial charge < -0.3 is 4.74 Å². The highest BCUT2D eigenvalue weighted by Gasteiger charge is 2.14. The van der Waals surface area contributed by atoms with Gasteiger partial charge in [0.05, 0.1) is 30.0 Å². The van der Waals surface area contributed by atoms with Crippen LogP contribution in [0.2, 0.25) is 0 Å². The van der Waals surface area contributed by atoms with E-state index in [1.54, 1.807) is 12.5 Å². The zero-order valence-corrected chi connectivity index (χ0v) is 13.9. The van der Waals surface area contributed by atoms with Crippen LogP contribution >= 0.6 is 11.3 Å². The highest BCUT2D eigenvalue weighted by molar-refractivity contribution is 7.14. The Labute approximate surface area is 147 Å². The first kappa shape index (κ1) is 16.6. The molecule has 0 radical (unpaired) electrons. The van der Waals surface area contributed by atoms with E-state index in [-0.39, 0.29) is 11.1 Å². The Morgan fingerprint density at radius 3 is 2.68 bits per heavy atom. The van der Waals surface area contributed by atoms with E-state index in [1.807, 2.05) is 30.3 Å². The van der Waals surface area contributed by atoms with Crippen LogP contribution in [-0.2, 0) is 0 Å². The Morgan fingerprint density at radius 1 is 1.28 bits per heavy atom. The summed E-state index contributed by atoms with van der Waals surface area (Å²) in [6, 6.07) is 12.9. The van der Waals surface area contributed by atoms with Gasteiger partial charge in [0.25, 0.3) is 5.91 Å². The molecule has 3 aromatic rings. The standard InChI is InChI=1S/C18H12FN3O2S/c1-24-13-5-3-12(4-6-13)16-10-25-18(21-16)22-17(23)14-7-2-11(9-20)8-15(14)19/h2-8,10H,1H3,(H,21,22,23). The predicted octanol–water partition coefficient (Wildman–Crippen LogP) is 4.08. The Morgan fingerprint density at radius 2 is 2.04 bits per heavy atom. The average Bonchev–Trinajstić information content (AvgIpc) is 3.10. The maximum Gasteiger partial charge on any atom is 0.260 e. The quantitative estimate of drug-likeness (QED) is 0.767. The van der Waals surface area contributed by atoms with Crippen molar-refractivity contribution in [2.24, 2.45) is 0 Å². The van der Waals surface area contributed by atoms with Gasteiger partial charge in [0.2, 0.25) is 0 Å². The van der Waals surface area contributed by atoms with E-state index in [0.717, 1.165) is 17.4 Å². The molecule has 7 heteroatoms. The van der Waals surface area contributed by atoms with E-state index in [1.165, 1.54) is 23.5 Å². The summed E-state index contributed by atoms with van der Waals surface area (Å²) in [6.07, 6.45) is 0. The number of nitriles is 1. The number of nitrogens with one attached hydrogen (secondary N) is 1. The van der Waals surface area contributed by atoms with Crippen molar-refractivity contribution in [3.63, 3.8) is 0 Å². The molecule has 1 heterocycles. The van der Waals surface area contributed by atoms with Crippen LogP contribution in [0.25, 0.3) is 11.3 Å². The number of amides is 1. The maximum atomic E-state index is 13.9. The molecule has 0 aliphatic heterocycles. The molecule has 1 aromatic heterocycles. The Bertz CT molecular complexity index is 961. The van der Waals surface area contributed by atoms with Crippen molar-refractivity contribution in [1.82, 2.24) is 4.98 Å². The number of carbonyl (C=O) groups excluding carboxylic acids is 1. The summed E-state index contributed by atoms with van der Waals surface area (Å²) in [5, 5.41) is 13.5. The van der Waals surface area contributed by atoms with Crippen LogP contribution in [-0.4, -0.2) is 18.0 Å². The minimum atomic E-state index is -0.747. The zero-order valence-electron chi connectivity index (χ0n) is 13.1. The van der Waals surface area contributed by atoms with E-state index < -0.39 is 11.7 Å². The number of aromatic nitrogens is 1. The summed E-state index contributed by atoms with van der Waals surface area (Å²) in [6.45, 7) is 0. The average molecular weight is 353 g/mol. The zero-order chi connectivity index (χ0) is 17.8. The molecule has 0 atom stereocenters. The molecule has 0 spiro atoms. The van der Waals surface area contributed by atoms with Gasteiger partial charge in [-0.15, -0.1) is 11.3 Å². The van der Waals surface area contributed by atoms with Gasteiger partial charge >= 0.3 is 0 Å². The second-order valence-corrected chi connectivity index (χ2v) is 5.89. The van der Waals surface area contributed by atoms with Crippen molar-refractivity contribution in [2.75, 3.05) is 12.4 Å². The lowest BCUT2D eigenvalue weighted by Gasteiger charge is -2.03. The summed E-state index contributed by atoms with van der Waals surface area (Å²) in [4.78, 5) is 16.5. The normalized spacial score (nSPS) is 10.1. The lowest BCUT2D eigenvalue weighted by Crippen LogP contribution is -2.13. The fourth-order valence-corrected chi connectivity index (χ4v) is 2.87. The fraction of sp³-hybridized carbons (Fsp3) is 0.0556. The summed E-state index contributed by atoms with van der Waals surface area (Å²) in [7, 11) is 1.59. The molecular weight excluding hydrogens is 341 g/mol. The Hall–Kier alpha value is -3.24. The summed E-state index contributed by atoms with van der Waals surface area (Å²) >= 11 is 1.24. The number of halogens is 1. The first-order chi connectivity index (χ1) is 12.1. The van der Waals surface area contributed by atoms with Crippen LogP contribution < -0.4 is 10.1 Å². The molecule has 2 aromatic carbocycles. The summed E-state index contributed by atoms with van der Waals surface area (Å²) in [5.74, 6) is -0.620. The molecule has 0 aliphatic carbocycles. The van der Waals surface area contributed by atoms with Gasteiger partial charge in [-0.25, -0.2) is 9.37 Å². The first-order valence-electron chi connectivity index (χ1n) is 7.21. The number of hydrogen-bond donors (Lipinski definition) is 1. The van der Waals surface area contributed by atoms with Crippen molar-refractivity contribution < 1.29 is 13.9 Å². The topological polar surface area (TPSA) is 75.0 Å². The smallest absolute Gasteiger partial charge is 0.260 e. The molecule has 0 unspecified atom stereocenters. The van der Waals surface area contributed by atoms with Crippen molar-refractivity contribution in [1.29, 1.82) is 5.26 Å². The molecule has 1 N–H and O–H groups in total. The third-order valence-electron chi connectivity index (χ3n) is 3.45. The van der Waals surface area contributed by atoms with Crippen LogP contribution in [0.3, 0.4) is 0 Å². The van der Waals surface area contributed by atoms with Gasteiger partial charge in [-0.05, 0) is 42.5 Å². The van der Waals surface area contributed by atoms with Crippen LogP contribution in [0.4, 0.5) is 9.52 Å². The molecule has 124 valence electrons. The molecule has 5 nitrogen and oxygen atoms in total. The van der Waals surface area contributed by atoms with Crippen LogP contribution in [0, 0.1) is 17.1 Å². The van der Waals surface area contributed by atoms with Crippen molar-refractivity contribution in [2.45, 2.75) is 0 Å². The Balaban J connectivity index is 1.76. The molecular formula is C18H12FN3O2S. The van der Waals surface area contributed by atoms with E-state index >= 15 is 0 Å². The molecule has 0 saturated heterocycles. The van der Waals surface area contributed by atoms with E-state index in [2.05, 4.69) is 10.3 Å². The van der Waals surface area contributed by atoms with Gasteiger partial charge in [0.1, 0.15) is 11.6 Å². The number of hydrogen-bond acceptors (Lipinski definition) is 5. The Kier molecular flexibility index (Phi) is 4.73. The lowest BCUT2D eigenvalue weighted by atomic mass is 10.1. The maximum absolute atomic E-state index is 13.9. The number of benzene rings is 2. The molecule has 0 fully saturated rings. The largest absolute Gasteiger partial charge is 0.497 e. The molecule has 0 aliphatic rings. The summed E-state index contributed by atoms with van der Waals surface area (Å²) < 4.78 is 19.0. The highest BCUT2D eigenvalue weighted by Crippen LogP contribution is 2.27. The molecule has 3 rings (SSSR count). The van der Waals surface area contributed by atoms with Crippen LogP contribution in [0.1, 0.15) is 15.9 Å². The van der Waals surface area contributed by atoms with Crippen LogP contribution in [0.5, 0.6) is 5.75 Å². The van der Waals surface area contributed by atoms with E-state index in [0.29, 0.717) is 10.8 Å². The number of methoxy groups -OCH3 is 1.